The van der Waals surface area contributed by atoms with Crippen molar-refractivity contribution >= 4 is 23.0 Å². The minimum absolute atomic E-state index is 0.0169. The summed E-state index contributed by atoms with van der Waals surface area (Å²) in [5, 5.41) is 9.13. The lowest BCUT2D eigenvalue weighted by atomic mass is 9.82. The molecule has 1 atom stereocenters. The molecule has 3 aromatic carbocycles. The molecule has 1 fully saturated rings. The molecule has 1 aliphatic rings. The number of nitrogens with one attached hydrogen (secondary N) is 1. The van der Waals surface area contributed by atoms with Crippen molar-refractivity contribution in [1.29, 1.82) is 0 Å². The predicted molar refractivity (Wildman–Crippen MR) is 163 cm³/mol. The second-order valence-corrected chi connectivity index (χ2v) is 12.2. The van der Waals surface area contributed by atoms with Crippen LogP contribution in [-0.4, -0.2) is 27.9 Å². The summed E-state index contributed by atoms with van der Waals surface area (Å²) in [6.07, 6.45) is 6.57. The lowest BCUT2D eigenvalue weighted by Crippen LogP contribution is -2.38. The molecule has 6 heteroatoms. The van der Waals surface area contributed by atoms with Crippen molar-refractivity contribution in [2.75, 3.05) is 0 Å². The number of carbonyl (C=O) groups excluding carboxylic acids is 3. The zero-order chi connectivity index (χ0) is 29.6. The third-order valence-electron chi connectivity index (χ3n) is 8.25. The molecule has 214 valence electrons. The molecule has 1 N–H and O–H groups in total. The van der Waals surface area contributed by atoms with Gasteiger partial charge in [0.25, 0.3) is 5.91 Å². The largest absolute Gasteiger partial charge is 0.373 e. The highest BCUT2D eigenvalue weighted by Crippen LogP contribution is 2.33. The Hall–Kier alpha value is -4.02. The quantitative estimate of drug-likeness (QED) is 0.269. The number of hydrogen-bond donors (Lipinski definition) is 1. The van der Waals surface area contributed by atoms with Gasteiger partial charge in [-0.2, -0.15) is 14.7 Å². The van der Waals surface area contributed by atoms with Crippen LogP contribution in [0.2, 0.25) is 0 Å². The maximum atomic E-state index is 13.0. The number of benzene rings is 3. The van der Waals surface area contributed by atoms with Gasteiger partial charge in [0.05, 0.1) is 17.8 Å². The van der Waals surface area contributed by atoms with Gasteiger partial charge >= 0.3 is 6.15 Å². The Labute approximate surface area is 243 Å². The van der Waals surface area contributed by atoms with E-state index in [0.717, 1.165) is 16.6 Å². The van der Waals surface area contributed by atoms with E-state index in [1.807, 2.05) is 25.1 Å². The molecule has 1 aliphatic carbocycles. The molecule has 0 unspecified atom stereocenters. The van der Waals surface area contributed by atoms with Crippen LogP contribution in [-0.2, 0) is 21.5 Å². The maximum absolute atomic E-state index is 13.0. The Morgan fingerprint density at radius 3 is 2.32 bits per heavy atom. The first-order valence-electron chi connectivity index (χ1n) is 14.6. The number of fused-ring (bicyclic) bond motifs is 1. The fourth-order valence-corrected chi connectivity index (χ4v) is 6.00. The van der Waals surface area contributed by atoms with E-state index in [0.29, 0.717) is 18.0 Å². The molecular formula is C35H41N3O3. The number of aromatic nitrogens is 2. The second kappa shape index (κ2) is 13.1. The van der Waals surface area contributed by atoms with Crippen molar-refractivity contribution in [3.8, 4) is 11.1 Å². The second-order valence-electron chi connectivity index (χ2n) is 12.2. The van der Waals surface area contributed by atoms with Crippen molar-refractivity contribution < 1.29 is 14.4 Å². The van der Waals surface area contributed by atoms with Gasteiger partial charge in [-0.15, -0.1) is 0 Å². The molecule has 1 amide bonds. The van der Waals surface area contributed by atoms with Gasteiger partial charge in [0, 0.05) is 17.0 Å². The minimum Gasteiger partial charge on any atom is -0.349 e. The summed E-state index contributed by atoms with van der Waals surface area (Å²) in [6, 6.07) is 23.7. The fourth-order valence-electron chi connectivity index (χ4n) is 6.00. The average Bonchev–Trinajstić information content (AvgIpc) is 3.28. The van der Waals surface area contributed by atoms with Crippen LogP contribution in [0.4, 0.5) is 0 Å². The molecule has 1 aromatic heterocycles. The van der Waals surface area contributed by atoms with Crippen LogP contribution in [0.15, 0.2) is 66.7 Å². The summed E-state index contributed by atoms with van der Waals surface area (Å²) in [7, 11) is 0. The standard InChI is InChI=1S/C34H41N3O.CO2/c1-23(26-11-7-6-8-12-26)35-33(38)28-19-20-32-30(21-28)24(2)36-37(32)22-25-15-17-27(18-16-25)29-13-9-10-14-31(29)34(3,4)5;2-1-3/h9-10,13-21,23,26H,6-8,11-12,22H2,1-5H3,(H,35,38);/t23-;/m1./s1. The van der Waals surface area contributed by atoms with Crippen molar-refractivity contribution in [3.05, 3.63) is 89.1 Å². The summed E-state index contributed by atoms with van der Waals surface area (Å²) in [5.74, 6) is 0.609. The number of nitrogens with zero attached hydrogens (tertiary/aromatic N) is 2. The Kier molecular flexibility index (Phi) is 9.57. The highest BCUT2D eigenvalue weighted by molar-refractivity contribution is 5.98. The number of carbonyl (C=O) groups is 1. The first kappa shape index (κ1) is 30.0. The fraction of sp³-hybridized carbons (Fsp3) is 0.400. The van der Waals surface area contributed by atoms with E-state index in [2.05, 4.69) is 86.2 Å². The number of rotatable bonds is 6. The Bertz CT molecular complexity index is 1520. The van der Waals surface area contributed by atoms with Crippen molar-refractivity contribution in [1.82, 2.24) is 15.1 Å². The zero-order valence-corrected chi connectivity index (χ0v) is 24.9. The molecule has 0 aliphatic heterocycles. The number of hydrogen-bond acceptors (Lipinski definition) is 4. The maximum Gasteiger partial charge on any atom is 0.373 e. The molecule has 0 saturated heterocycles. The van der Waals surface area contributed by atoms with Gasteiger partial charge in [-0.25, -0.2) is 0 Å². The topological polar surface area (TPSA) is 81.1 Å². The third-order valence-corrected chi connectivity index (χ3v) is 8.25. The van der Waals surface area contributed by atoms with Crippen LogP contribution in [0.5, 0.6) is 0 Å². The van der Waals surface area contributed by atoms with E-state index in [-0.39, 0.29) is 23.5 Å². The van der Waals surface area contributed by atoms with Crippen LogP contribution in [0.1, 0.15) is 87.0 Å². The van der Waals surface area contributed by atoms with Crippen LogP contribution < -0.4 is 5.32 Å². The van der Waals surface area contributed by atoms with Crippen LogP contribution >= 0.6 is 0 Å². The van der Waals surface area contributed by atoms with Crippen LogP contribution in [0.25, 0.3) is 22.0 Å². The average molecular weight is 552 g/mol. The van der Waals surface area contributed by atoms with Crippen molar-refractivity contribution in [2.45, 2.75) is 84.7 Å². The van der Waals surface area contributed by atoms with Crippen LogP contribution in [0.3, 0.4) is 0 Å². The SMILES string of the molecule is Cc1nn(Cc2ccc(-c3ccccc3C(C)(C)C)cc2)c2ccc(C(=O)N[C@H](C)C3CCCCC3)cc12.O=C=O. The van der Waals surface area contributed by atoms with Gasteiger partial charge in [0.2, 0.25) is 0 Å². The summed E-state index contributed by atoms with van der Waals surface area (Å²) >= 11 is 0. The number of aryl methyl sites for hydroxylation is 1. The van der Waals surface area contributed by atoms with E-state index >= 15 is 0 Å². The van der Waals surface area contributed by atoms with E-state index < -0.39 is 0 Å². The lowest BCUT2D eigenvalue weighted by Gasteiger charge is -2.28. The molecule has 6 nitrogen and oxygen atoms in total. The van der Waals surface area contributed by atoms with Gasteiger partial charge < -0.3 is 5.32 Å². The molecule has 41 heavy (non-hydrogen) atoms. The van der Waals surface area contributed by atoms with Gasteiger partial charge in [-0.3, -0.25) is 9.48 Å². The van der Waals surface area contributed by atoms with Gasteiger partial charge in [0.1, 0.15) is 0 Å². The summed E-state index contributed by atoms with van der Waals surface area (Å²) in [6.45, 7) is 11.7. The van der Waals surface area contributed by atoms with E-state index in [4.69, 9.17) is 14.7 Å². The van der Waals surface area contributed by atoms with Gasteiger partial charge in [-0.05, 0) is 78.5 Å². The smallest absolute Gasteiger partial charge is 0.349 e. The molecule has 1 heterocycles. The molecule has 0 spiro atoms. The number of amides is 1. The van der Waals surface area contributed by atoms with Crippen molar-refractivity contribution in [3.63, 3.8) is 0 Å². The van der Waals surface area contributed by atoms with Gasteiger partial charge in [-0.1, -0.05) is 88.6 Å². The lowest BCUT2D eigenvalue weighted by molar-refractivity contribution is -0.191. The predicted octanol–water partition coefficient (Wildman–Crippen LogP) is 7.47. The minimum atomic E-state index is 0.0169. The molecule has 4 aromatic rings. The Morgan fingerprint density at radius 1 is 1.00 bits per heavy atom. The molecule has 1 saturated carbocycles. The van der Waals surface area contributed by atoms with Crippen LogP contribution in [0, 0.1) is 12.8 Å². The highest BCUT2D eigenvalue weighted by atomic mass is 16.2. The molecular weight excluding hydrogens is 510 g/mol. The first-order valence-corrected chi connectivity index (χ1v) is 14.6. The Morgan fingerprint density at radius 2 is 1.66 bits per heavy atom. The van der Waals surface area contributed by atoms with Gasteiger partial charge in [0.15, 0.2) is 0 Å². The highest BCUT2D eigenvalue weighted by Gasteiger charge is 2.22. The normalized spacial score (nSPS) is 14.6. The molecule has 0 bridgehead atoms. The summed E-state index contributed by atoms with van der Waals surface area (Å²) in [5.41, 5.74) is 7.89. The zero-order valence-electron chi connectivity index (χ0n) is 24.9. The summed E-state index contributed by atoms with van der Waals surface area (Å²) < 4.78 is 2.05. The Balaban J connectivity index is 0.00000124. The summed E-state index contributed by atoms with van der Waals surface area (Å²) in [4.78, 5) is 29.3. The third kappa shape index (κ3) is 7.20. The van der Waals surface area contributed by atoms with Crippen molar-refractivity contribution in [2.24, 2.45) is 5.92 Å². The first-order chi connectivity index (χ1) is 19.6. The monoisotopic (exact) mass is 551 g/mol. The molecule has 0 radical (unpaired) electrons. The van der Waals surface area contributed by atoms with E-state index in [9.17, 15) is 4.79 Å². The van der Waals surface area contributed by atoms with E-state index in [1.165, 1.54) is 54.4 Å². The molecule has 5 rings (SSSR count). The van der Waals surface area contributed by atoms with E-state index in [1.54, 1.807) is 0 Å².